The summed E-state index contributed by atoms with van der Waals surface area (Å²) in [7, 11) is -1.56. The van der Waals surface area contributed by atoms with Gasteiger partial charge in [0.25, 0.3) is 0 Å². The standard InChI is InChI=1S/C18H19NO6S2/c1-11-15-5-7-26-16(15)4-6-19(11)27(22,23)14-9-12(17(20)24-2)8-13(10-14)18(21)25-3/h5,7-11H,4,6H2,1-3H3/t11-/m0/s1. The highest BCUT2D eigenvalue weighted by molar-refractivity contribution is 7.89. The van der Waals surface area contributed by atoms with Crippen LogP contribution >= 0.6 is 11.3 Å². The van der Waals surface area contributed by atoms with Crippen molar-refractivity contribution in [2.75, 3.05) is 20.8 Å². The van der Waals surface area contributed by atoms with E-state index in [1.165, 1.54) is 41.6 Å². The Bertz CT molecular complexity index is 961. The van der Waals surface area contributed by atoms with Gasteiger partial charge in [0, 0.05) is 17.5 Å². The van der Waals surface area contributed by atoms with Crippen molar-refractivity contribution in [1.82, 2.24) is 4.31 Å². The van der Waals surface area contributed by atoms with E-state index in [4.69, 9.17) is 0 Å². The van der Waals surface area contributed by atoms with Crippen LogP contribution in [-0.4, -0.2) is 45.4 Å². The quantitative estimate of drug-likeness (QED) is 0.721. The Labute approximate surface area is 161 Å². The molecular formula is C18H19NO6S2. The SMILES string of the molecule is COC(=O)c1cc(C(=O)OC)cc(S(=O)(=O)N2CCc3sccc3[C@@H]2C)c1. The summed E-state index contributed by atoms with van der Waals surface area (Å²) in [6.45, 7) is 2.15. The van der Waals surface area contributed by atoms with Gasteiger partial charge in [-0.3, -0.25) is 0 Å². The summed E-state index contributed by atoms with van der Waals surface area (Å²) in [6, 6.07) is 5.30. The minimum Gasteiger partial charge on any atom is -0.465 e. The molecule has 0 saturated heterocycles. The van der Waals surface area contributed by atoms with E-state index >= 15 is 0 Å². The first kappa shape index (κ1) is 19.5. The zero-order valence-electron chi connectivity index (χ0n) is 15.1. The molecule has 0 N–H and O–H groups in total. The van der Waals surface area contributed by atoms with Gasteiger partial charge in [0.05, 0.1) is 30.2 Å². The summed E-state index contributed by atoms with van der Waals surface area (Å²) in [4.78, 5) is 24.9. The lowest BCUT2D eigenvalue weighted by molar-refractivity contribution is 0.0598. The molecule has 2 aromatic rings. The number of carbonyl (C=O) groups excluding carboxylic acids is 2. The van der Waals surface area contributed by atoms with Crippen LogP contribution in [0, 0.1) is 0 Å². The second-order valence-electron chi connectivity index (χ2n) is 6.07. The number of methoxy groups -OCH3 is 2. The van der Waals surface area contributed by atoms with Gasteiger partial charge in [-0.25, -0.2) is 18.0 Å². The minimum atomic E-state index is -3.94. The number of carbonyl (C=O) groups is 2. The van der Waals surface area contributed by atoms with Gasteiger partial charge in [0.15, 0.2) is 0 Å². The Kier molecular flexibility index (Phi) is 5.36. The van der Waals surface area contributed by atoms with Gasteiger partial charge in [-0.2, -0.15) is 4.31 Å². The van der Waals surface area contributed by atoms with E-state index in [1.54, 1.807) is 11.3 Å². The molecule has 0 saturated carbocycles. The molecule has 144 valence electrons. The summed E-state index contributed by atoms with van der Waals surface area (Å²) < 4.78 is 37.3. The van der Waals surface area contributed by atoms with E-state index in [0.29, 0.717) is 13.0 Å². The van der Waals surface area contributed by atoms with Gasteiger partial charge in [-0.1, -0.05) is 0 Å². The molecule has 27 heavy (non-hydrogen) atoms. The molecule has 2 heterocycles. The van der Waals surface area contributed by atoms with E-state index in [1.807, 2.05) is 18.4 Å². The third kappa shape index (κ3) is 3.50. The van der Waals surface area contributed by atoms with Gasteiger partial charge < -0.3 is 9.47 Å². The van der Waals surface area contributed by atoms with Crippen molar-refractivity contribution in [3.63, 3.8) is 0 Å². The Morgan fingerprint density at radius 2 is 1.70 bits per heavy atom. The molecule has 0 bridgehead atoms. The molecule has 0 spiro atoms. The topological polar surface area (TPSA) is 90.0 Å². The fraction of sp³-hybridized carbons (Fsp3) is 0.333. The number of ether oxygens (including phenoxy) is 2. The maximum atomic E-state index is 13.3. The first-order valence-corrected chi connectivity index (χ1v) is 10.5. The third-order valence-corrected chi connectivity index (χ3v) is 7.52. The number of hydrogen-bond acceptors (Lipinski definition) is 7. The van der Waals surface area contributed by atoms with Gasteiger partial charge in [0.2, 0.25) is 10.0 Å². The number of hydrogen-bond donors (Lipinski definition) is 0. The lowest BCUT2D eigenvalue weighted by Crippen LogP contribution is -2.38. The zero-order valence-corrected chi connectivity index (χ0v) is 16.7. The van der Waals surface area contributed by atoms with Crippen LogP contribution in [-0.2, 0) is 25.9 Å². The molecule has 7 nitrogen and oxygen atoms in total. The van der Waals surface area contributed by atoms with E-state index in [2.05, 4.69) is 9.47 Å². The first-order valence-electron chi connectivity index (χ1n) is 8.19. The van der Waals surface area contributed by atoms with Gasteiger partial charge in [-0.05, 0) is 48.6 Å². The maximum absolute atomic E-state index is 13.3. The Morgan fingerprint density at radius 1 is 1.11 bits per heavy atom. The Morgan fingerprint density at radius 3 is 2.26 bits per heavy atom. The van der Waals surface area contributed by atoms with Crippen LogP contribution < -0.4 is 0 Å². The van der Waals surface area contributed by atoms with Crippen LogP contribution in [0.1, 0.15) is 44.1 Å². The normalized spacial score (nSPS) is 17.2. The predicted octanol–water partition coefficient (Wildman–Crippen LogP) is 2.63. The van der Waals surface area contributed by atoms with E-state index in [0.717, 1.165) is 5.56 Å². The van der Waals surface area contributed by atoms with Gasteiger partial charge >= 0.3 is 11.9 Å². The number of esters is 2. The molecule has 1 aliphatic rings. The van der Waals surface area contributed by atoms with Gasteiger partial charge in [0.1, 0.15) is 0 Å². The molecule has 3 rings (SSSR count). The summed E-state index contributed by atoms with van der Waals surface area (Å²) in [5, 5.41) is 1.95. The van der Waals surface area contributed by atoms with Crippen molar-refractivity contribution >= 4 is 33.3 Å². The molecule has 1 atom stereocenters. The molecule has 1 aliphatic heterocycles. The number of benzene rings is 1. The predicted molar refractivity (Wildman–Crippen MR) is 99.5 cm³/mol. The van der Waals surface area contributed by atoms with Crippen molar-refractivity contribution in [3.05, 3.63) is 51.2 Å². The summed E-state index contributed by atoms with van der Waals surface area (Å²) in [5.41, 5.74) is 0.923. The molecule has 0 amide bonds. The lowest BCUT2D eigenvalue weighted by atomic mass is 10.0. The number of fused-ring (bicyclic) bond motifs is 1. The van der Waals surface area contributed by atoms with Crippen molar-refractivity contribution < 1.29 is 27.5 Å². The second-order valence-corrected chi connectivity index (χ2v) is 8.96. The van der Waals surface area contributed by atoms with E-state index in [9.17, 15) is 18.0 Å². The molecule has 9 heteroatoms. The minimum absolute atomic E-state index is 0.0279. The summed E-state index contributed by atoms with van der Waals surface area (Å²) in [5.74, 6) is -1.46. The van der Waals surface area contributed by atoms with Crippen LogP contribution in [0.4, 0.5) is 0 Å². The highest BCUT2D eigenvalue weighted by Gasteiger charge is 2.35. The van der Waals surface area contributed by atoms with Gasteiger partial charge in [-0.15, -0.1) is 11.3 Å². The molecular weight excluding hydrogens is 390 g/mol. The van der Waals surface area contributed by atoms with E-state index < -0.39 is 22.0 Å². The third-order valence-electron chi connectivity index (χ3n) is 4.58. The molecule has 0 aliphatic carbocycles. The van der Waals surface area contributed by atoms with Crippen LogP contribution in [0.15, 0.2) is 34.5 Å². The highest BCUT2D eigenvalue weighted by atomic mass is 32.2. The van der Waals surface area contributed by atoms with Crippen LogP contribution in [0.5, 0.6) is 0 Å². The lowest BCUT2D eigenvalue weighted by Gasteiger charge is -2.32. The number of rotatable bonds is 4. The average Bonchev–Trinajstić information content (AvgIpc) is 3.16. The second kappa shape index (κ2) is 7.41. The van der Waals surface area contributed by atoms with Crippen molar-refractivity contribution in [3.8, 4) is 0 Å². The number of sulfonamides is 1. The molecule has 0 unspecified atom stereocenters. The molecule has 0 radical (unpaired) electrons. The smallest absolute Gasteiger partial charge is 0.337 e. The van der Waals surface area contributed by atoms with Crippen molar-refractivity contribution in [2.45, 2.75) is 24.3 Å². The number of nitrogens with zero attached hydrogens (tertiary/aromatic N) is 1. The monoisotopic (exact) mass is 409 g/mol. The van der Waals surface area contributed by atoms with Crippen LogP contribution in [0.3, 0.4) is 0 Å². The molecule has 1 aromatic heterocycles. The zero-order chi connectivity index (χ0) is 19.8. The Balaban J connectivity index is 2.08. The Hall–Kier alpha value is -2.23. The fourth-order valence-corrected chi connectivity index (χ4v) is 5.82. The molecule has 1 aromatic carbocycles. The summed E-state index contributed by atoms with van der Waals surface area (Å²) in [6.07, 6.45) is 0.622. The first-order chi connectivity index (χ1) is 12.8. The maximum Gasteiger partial charge on any atom is 0.337 e. The summed E-state index contributed by atoms with van der Waals surface area (Å²) >= 11 is 1.61. The molecule has 0 fully saturated rings. The largest absolute Gasteiger partial charge is 0.465 e. The average molecular weight is 409 g/mol. The van der Waals surface area contributed by atoms with Crippen LogP contribution in [0.25, 0.3) is 0 Å². The van der Waals surface area contributed by atoms with Crippen molar-refractivity contribution in [1.29, 1.82) is 0 Å². The fourth-order valence-electron chi connectivity index (χ4n) is 3.17. The highest BCUT2D eigenvalue weighted by Crippen LogP contribution is 2.36. The van der Waals surface area contributed by atoms with Crippen molar-refractivity contribution in [2.24, 2.45) is 0 Å². The van der Waals surface area contributed by atoms with Crippen LogP contribution in [0.2, 0.25) is 0 Å². The number of thiophene rings is 1. The van der Waals surface area contributed by atoms with E-state index in [-0.39, 0.29) is 22.1 Å².